The van der Waals surface area contributed by atoms with Crippen LogP contribution in [-0.2, 0) is 6.42 Å². The van der Waals surface area contributed by atoms with E-state index in [1.54, 1.807) is 7.11 Å². The fourth-order valence-corrected chi connectivity index (χ4v) is 3.88. The largest absolute Gasteiger partial charge is 0.497 e. The second-order valence-corrected chi connectivity index (χ2v) is 6.36. The van der Waals surface area contributed by atoms with Gasteiger partial charge in [-0.05, 0) is 49.6 Å². The molecule has 1 aromatic carbocycles. The normalized spacial score (nSPS) is 27.4. The van der Waals surface area contributed by atoms with Crippen molar-refractivity contribution in [3.05, 3.63) is 29.3 Å². The summed E-state index contributed by atoms with van der Waals surface area (Å²) < 4.78 is 5.38. The van der Waals surface area contributed by atoms with Gasteiger partial charge in [-0.15, -0.1) is 0 Å². The maximum Gasteiger partial charge on any atom is 0.119 e. The number of nitrogens with zero attached hydrogens (tertiary/aromatic N) is 2. The average molecular weight is 289 g/mol. The van der Waals surface area contributed by atoms with Gasteiger partial charge in [-0.25, -0.2) is 0 Å². The molecule has 1 aromatic rings. The van der Waals surface area contributed by atoms with Crippen LogP contribution < -0.4 is 10.5 Å². The molecule has 0 saturated carbocycles. The van der Waals surface area contributed by atoms with Crippen molar-refractivity contribution >= 4 is 0 Å². The Morgan fingerprint density at radius 2 is 2.19 bits per heavy atom. The lowest BCUT2D eigenvalue weighted by atomic mass is 9.85. The van der Waals surface area contributed by atoms with Crippen LogP contribution in [-0.4, -0.2) is 56.2 Å². The van der Waals surface area contributed by atoms with Crippen LogP contribution in [0.5, 0.6) is 5.75 Å². The highest BCUT2D eigenvalue weighted by Crippen LogP contribution is 2.37. The molecular weight excluding hydrogens is 262 g/mol. The van der Waals surface area contributed by atoms with Crippen molar-refractivity contribution in [3.8, 4) is 5.75 Å². The van der Waals surface area contributed by atoms with Gasteiger partial charge in [0.25, 0.3) is 0 Å². The molecule has 1 saturated heterocycles. The number of benzene rings is 1. The fourth-order valence-electron chi connectivity index (χ4n) is 3.88. The standard InChI is InChI=1S/C17H27N3O/c1-19-8-9-20(14(11-18)12-19)17-5-3-4-13-10-15(21-2)6-7-16(13)17/h6-7,10,14,17H,3-5,8-9,11-12,18H2,1-2H3. The van der Waals surface area contributed by atoms with E-state index in [1.807, 2.05) is 0 Å². The van der Waals surface area contributed by atoms with E-state index >= 15 is 0 Å². The molecule has 1 fully saturated rings. The third kappa shape index (κ3) is 2.93. The highest BCUT2D eigenvalue weighted by molar-refractivity contribution is 5.39. The van der Waals surface area contributed by atoms with Crippen molar-refractivity contribution in [3.63, 3.8) is 0 Å². The van der Waals surface area contributed by atoms with Crippen LogP contribution in [0.2, 0.25) is 0 Å². The van der Waals surface area contributed by atoms with E-state index < -0.39 is 0 Å². The molecule has 0 aromatic heterocycles. The number of hydrogen-bond acceptors (Lipinski definition) is 4. The lowest BCUT2D eigenvalue weighted by Crippen LogP contribution is -2.56. The van der Waals surface area contributed by atoms with E-state index in [9.17, 15) is 0 Å². The van der Waals surface area contributed by atoms with E-state index in [4.69, 9.17) is 10.5 Å². The first kappa shape index (κ1) is 14.8. The molecular formula is C17H27N3O. The second kappa shape index (κ2) is 6.34. The first-order valence-corrected chi connectivity index (χ1v) is 8.04. The molecule has 4 heteroatoms. The topological polar surface area (TPSA) is 41.7 Å². The van der Waals surface area contributed by atoms with E-state index in [0.29, 0.717) is 12.1 Å². The van der Waals surface area contributed by atoms with Gasteiger partial charge >= 0.3 is 0 Å². The van der Waals surface area contributed by atoms with E-state index in [2.05, 4.69) is 35.0 Å². The van der Waals surface area contributed by atoms with Crippen molar-refractivity contribution in [2.24, 2.45) is 5.73 Å². The summed E-state index contributed by atoms with van der Waals surface area (Å²) in [4.78, 5) is 5.04. The molecule has 2 unspecified atom stereocenters. The zero-order valence-electron chi connectivity index (χ0n) is 13.2. The molecule has 21 heavy (non-hydrogen) atoms. The van der Waals surface area contributed by atoms with Crippen LogP contribution in [0.1, 0.15) is 30.0 Å². The molecule has 4 nitrogen and oxygen atoms in total. The Balaban J connectivity index is 1.87. The zero-order chi connectivity index (χ0) is 14.8. The van der Waals surface area contributed by atoms with Crippen molar-refractivity contribution in [1.82, 2.24) is 9.80 Å². The van der Waals surface area contributed by atoms with Gasteiger partial charge in [-0.2, -0.15) is 0 Å². The summed E-state index contributed by atoms with van der Waals surface area (Å²) in [6.07, 6.45) is 3.68. The maximum absolute atomic E-state index is 6.04. The summed E-state index contributed by atoms with van der Waals surface area (Å²) in [7, 11) is 3.94. The summed E-state index contributed by atoms with van der Waals surface area (Å²) in [5.41, 5.74) is 8.99. The molecule has 116 valence electrons. The minimum absolute atomic E-state index is 0.474. The Bertz CT molecular complexity index is 491. The molecule has 2 aliphatic rings. The van der Waals surface area contributed by atoms with Gasteiger partial charge in [-0.3, -0.25) is 4.90 Å². The summed E-state index contributed by atoms with van der Waals surface area (Å²) >= 11 is 0. The minimum atomic E-state index is 0.474. The van der Waals surface area contributed by atoms with Crippen molar-refractivity contribution in [1.29, 1.82) is 0 Å². The Labute approximate surface area is 127 Å². The van der Waals surface area contributed by atoms with Crippen molar-refractivity contribution < 1.29 is 4.74 Å². The summed E-state index contributed by atoms with van der Waals surface area (Å²) in [5, 5.41) is 0. The van der Waals surface area contributed by atoms with Gasteiger partial charge in [0.15, 0.2) is 0 Å². The number of nitrogens with two attached hydrogens (primary N) is 1. The maximum atomic E-state index is 6.04. The monoisotopic (exact) mass is 289 g/mol. The number of ether oxygens (including phenoxy) is 1. The van der Waals surface area contributed by atoms with Gasteiger partial charge in [-0.1, -0.05) is 6.07 Å². The van der Waals surface area contributed by atoms with Gasteiger partial charge in [0.1, 0.15) is 5.75 Å². The number of likely N-dealkylation sites (N-methyl/N-ethyl adjacent to an activating group) is 1. The van der Waals surface area contributed by atoms with Gasteiger partial charge in [0, 0.05) is 38.3 Å². The quantitative estimate of drug-likeness (QED) is 0.919. The van der Waals surface area contributed by atoms with Gasteiger partial charge < -0.3 is 15.4 Å². The minimum Gasteiger partial charge on any atom is -0.497 e. The fraction of sp³-hybridized carbons (Fsp3) is 0.647. The molecule has 0 amide bonds. The Hall–Kier alpha value is -1.10. The molecule has 3 rings (SSSR count). The molecule has 1 aliphatic carbocycles. The van der Waals surface area contributed by atoms with Crippen LogP contribution in [0.15, 0.2) is 18.2 Å². The molecule has 0 radical (unpaired) electrons. The van der Waals surface area contributed by atoms with Crippen LogP contribution >= 0.6 is 0 Å². The summed E-state index contributed by atoms with van der Waals surface area (Å²) in [5.74, 6) is 0.975. The number of methoxy groups -OCH3 is 1. The van der Waals surface area contributed by atoms with Crippen LogP contribution in [0.4, 0.5) is 0 Å². The highest BCUT2D eigenvalue weighted by atomic mass is 16.5. The predicted octanol–water partition coefficient (Wildman–Crippen LogP) is 1.65. The van der Waals surface area contributed by atoms with Crippen LogP contribution in [0, 0.1) is 0 Å². The number of rotatable bonds is 3. The Morgan fingerprint density at radius 3 is 2.95 bits per heavy atom. The molecule has 1 heterocycles. The highest BCUT2D eigenvalue weighted by Gasteiger charge is 2.33. The summed E-state index contributed by atoms with van der Waals surface area (Å²) in [6, 6.07) is 7.59. The second-order valence-electron chi connectivity index (χ2n) is 6.36. The van der Waals surface area contributed by atoms with Crippen LogP contribution in [0.3, 0.4) is 0 Å². The van der Waals surface area contributed by atoms with Crippen molar-refractivity contribution in [2.45, 2.75) is 31.3 Å². The van der Waals surface area contributed by atoms with Crippen molar-refractivity contribution in [2.75, 3.05) is 40.3 Å². The lowest BCUT2D eigenvalue weighted by Gasteiger charge is -2.45. The Kier molecular flexibility index (Phi) is 4.48. The SMILES string of the molecule is COc1ccc2c(c1)CCCC2N1CCN(C)CC1CN. The third-order valence-electron chi connectivity index (χ3n) is 5.04. The predicted molar refractivity (Wildman–Crippen MR) is 85.7 cm³/mol. The Morgan fingerprint density at radius 1 is 1.33 bits per heavy atom. The lowest BCUT2D eigenvalue weighted by molar-refractivity contribution is 0.0486. The number of fused-ring (bicyclic) bond motifs is 1. The number of hydrogen-bond donors (Lipinski definition) is 1. The zero-order valence-corrected chi connectivity index (χ0v) is 13.2. The van der Waals surface area contributed by atoms with E-state index in [-0.39, 0.29) is 0 Å². The third-order valence-corrected chi connectivity index (χ3v) is 5.04. The molecule has 0 bridgehead atoms. The molecule has 2 N–H and O–H groups in total. The first-order valence-electron chi connectivity index (χ1n) is 8.04. The van der Waals surface area contributed by atoms with Gasteiger partial charge in [0.2, 0.25) is 0 Å². The van der Waals surface area contributed by atoms with E-state index in [1.165, 1.54) is 30.4 Å². The summed E-state index contributed by atoms with van der Waals surface area (Å²) in [6.45, 7) is 4.08. The number of piperazine rings is 1. The number of aryl methyl sites for hydroxylation is 1. The van der Waals surface area contributed by atoms with E-state index in [0.717, 1.165) is 31.9 Å². The molecule has 1 aliphatic heterocycles. The average Bonchev–Trinajstić information content (AvgIpc) is 2.53. The molecule has 2 atom stereocenters. The first-order chi connectivity index (χ1) is 10.2. The van der Waals surface area contributed by atoms with Crippen LogP contribution in [0.25, 0.3) is 0 Å². The van der Waals surface area contributed by atoms with Gasteiger partial charge in [0.05, 0.1) is 7.11 Å². The smallest absolute Gasteiger partial charge is 0.119 e. The molecule has 0 spiro atoms.